The minimum atomic E-state index is -0.230. The molecule has 5 heterocycles. The third kappa shape index (κ3) is 1.44. The molecule has 4 aliphatic heterocycles. The molecular formula is C20H22O6. The van der Waals surface area contributed by atoms with Crippen molar-refractivity contribution in [3.05, 3.63) is 24.2 Å². The van der Waals surface area contributed by atoms with Crippen LogP contribution in [-0.2, 0) is 23.7 Å². The van der Waals surface area contributed by atoms with Gasteiger partial charge in [-0.3, -0.25) is 4.79 Å². The van der Waals surface area contributed by atoms with E-state index in [2.05, 4.69) is 6.92 Å². The van der Waals surface area contributed by atoms with Gasteiger partial charge in [-0.25, -0.2) is 0 Å². The molecule has 2 saturated carbocycles. The fourth-order valence-electron chi connectivity index (χ4n) is 7.38. The van der Waals surface area contributed by atoms with E-state index in [0.717, 1.165) is 24.8 Å². The van der Waals surface area contributed by atoms with Gasteiger partial charge in [-0.1, -0.05) is 6.92 Å². The van der Waals surface area contributed by atoms with E-state index in [1.54, 1.807) is 12.5 Å². The van der Waals surface area contributed by atoms with E-state index in [1.807, 2.05) is 6.07 Å². The largest absolute Gasteiger partial charge is 0.472 e. The van der Waals surface area contributed by atoms with Crippen LogP contribution in [0.1, 0.15) is 37.9 Å². The van der Waals surface area contributed by atoms with Gasteiger partial charge >= 0.3 is 5.97 Å². The third-order valence-corrected chi connectivity index (χ3v) is 8.54. The van der Waals surface area contributed by atoms with Crippen molar-refractivity contribution in [3.63, 3.8) is 0 Å². The zero-order valence-corrected chi connectivity index (χ0v) is 14.6. The maximum atomic E-state index is 12.5. The Morgan fingerprint density at radius 3 is 2.92 bits per heavy atom. The number of hydrogen-bond donors (Lipinski definition) is 0. The van der Waals surface area contributed by atoms with Crippen LogP contribution >= 0.6 is 0 Å². The van der Waals surface area contributed by atoms with Gasteiger partial charge in [0.05, 0.1) is 49.5 Å². The number of cyclic esters (lactones) is 1. The maximum absolute atomic E-state index is 12.5. The van der Waals surface area contributed by atoms with Crippen LogP contribution in [0.2, 0.25) is 0 Å². The summed E-state index contributed by atoms with van der Waals surface area (Å²) >= 11 is 0. The Bertz CT molecular complexity index is 790. The zero-order valence-electron chi connectivity index (χ0n) is 14.6. The molecule has 6 heteroatoms. The van der Waals surface area contributed by atoms with Gasteiger partial charge < -0.3 is 23.4 Å². The second-order valence-corrected chi connectivity index (χ2v) is 9.24. The highest BCUT2D eigenvalue weighted by atomic mass is 16.7. The summed E-state index contributed by atoms with van der Waals surface area (Å²) in [4.78, 5) is 12.5. The van der Waals surface area contributed by atoms with Crippen LogP contribution in [0.4, 0.5) is 0 Å². The molecule has 0 radical (unpaired) electrons. The van der Waals surface area contributed by atoms with Crippen LogP contribution in [0.15, 0.2) is 23.0 Å². The monoisotopic (exact) mass is 358 g/mol. The standard InChI is InChI=1S/C20H22O6/c1-9-13-5-19-8-23-17(21)11(19)4-12-15(24-12)16(19)20(9)6-14(26-18(20)25-13)10-2-3-22-7-10/h2-3,7,9,11-16,18H,4-6,8H2,1H3/t9-,11-,12-,13-,14-,15-,16-,18-,19-,20-/m1/s1. The van der Waals surface area contributed by atoms with E-state index in [4.69, 9.17) is 23.4 Å². The molecule has 7 rings (SSSR count). The highest BCUT2D eigenvalue weighted by Gasteiger charge is 2.80. The van der Waals surface area contributed by atoms with Crippen molar-refractivity contribution in [3.8, 4) is 0 Å². The van der Waals surface area contributed by atoms with Gasteiger partial charge in [0.15, 0.2) is 6.29 Å². The maximum Gasteiger partial charge on any atom is 0.309 e. The highest BCUT2D eigenvalue weighted by molar-refractivity contribution is 5.76. The van der Waals surface area contributed by atoms with E-state index >= 15 is 0 Å². The van der Waals surface area contributed by atoms with Crippen molar-refractivity contribution in [2.75, 3.05) is 6.61 Å². The fourth-order valence-corrected chi connectivity index (χ4v) is 7.38. The predicted molar refractivity (Wildman–Crippen MR) is 85.7 cm³/mol. The first-order chi connectivity index (χ1) is 12.6. The minimum absolute atomic E-state index is 0.0205. The molecule has 1 aromatic heterocycles. The summed E-state index contributed by atoms with van der Waals surface area (Å²) in [6.45, 7) is 2.82. The molecule has 2 aliphatic carbocycles. The summed E-state index contributed by atoms with van der Waals surface area (Å²) in [5, 5.41) is 0. The van der Waals surface area contributed by atoms with Crippen molar-refractivity contribution in [1.82, 2.24) is 0 Å². The average molecular weight is 358 g/mol. The van der Waals surface area contributed by atoms with Crippen molar-refractivity contribution in [2.45, 2.75) is 56.9 Å². The first-order valence-electron chi connectivity index (χ1n) is 9.78. The predicted octanol–water partition coefficient (Wildman–Crippen LogP) is 2.44. The van der Waals surface area contributed by atoms with Crippen molar-refractivity contribution in [2.24, 2.45) is 28.6 Å². The van der Waals surface area contributed by atoms with Crippen molar-refractivity contribution < 1.29 is 28.2 Å². The number of carbonyl (C=O) groups is 1. The summed E-state index contributed by atoms with van der Waals surface area (Å²) in [6, 6.07) is 1.98. The van der Waals surface area contributed by atoms with Crippen molar-refractivity contribution in [1.29, 1.82) is 0 Å². The van der Waals surface area contributed by atoms with Gasteiger partial charge in [0, 0.05) is 22.3 Å². The summed E-state index contributed by atoms with van der Waals surface area (Å²) < 4.78 is 29.9. The fraction of sp³-hybridized carbons (Fsp3) is 0.750. The Morgan fingerprint density at radius 1 is 1.15 bits per heavy atom. The Morgan fingerprint density at radius 2 is 2.08 bits per heavy atom. The SMILES string of the molecule is C[C@@H]1[C@H]2C[C@@]34COC(=O)[C@H]3C[C@H]3O[C@H]3[C@H]4[C@@]13C[C@H](c1ccoc1)O[C@H]3O2. The smallest absolute Gasteiger partial charge is 0.309 e. The number of carbonyl (C=O) groups excluding carboxylic acids is 1. The molecule has 10 atom stereocenters. The Balaban J connectivity index is 1.38. The second kappa shape index (κ2) is 4.37. The highest BCUT2D eigenvalue weighted by Crippen LogP contribution is 2.75. The van der Waals surface area contributed by atoms with Gasteiger partial charge in [0.1, 0.15) is 0 Å². The Kier molecular flexibility index (Phi) is 2.46. The zero-order chi connectivity index (χ0) is 17.3. The first kappa shape index (κ1) is 14.7. The number of rotatable bonds is 1. The lowest BCUT2D eigenvalue weighted by Crippen LogP contribution is -2.60. The molecule has 6 fully saturated rings. The number of furan rings is 1. The molecule has 2 spiro atoms. The van der Waals surface area contributed by atoms with E-state index in [0.29, 0.717) is 12.5 Å². The van der Waals surface area contributed by atoms with E-state index in [-0.39, 0.29) is 59.3 Å². The van der Waals surface area contributed by atoms with E-state index in [1.165, 1.54) is 0 Å². The Hall–Kier alpha value is -1.37. The molecule has 6 nitrogen and oxygen atoms in total. The summed E-state index contributed by atoms with van der Waals surface area (Å²) in [7, 11) is 0. The molecule has 138 valence electrons. The molecule has 0 aromatic carbocycles. The summed E-state index contributed by atoms with van der Waals surface area (Å²) in [5.74, 6) is 0.579. The van der Waals surface area contributed by atoms with Gasteiger partial charge in [0.2, 0.25) is 0 Å². The van der Waals surface area contributed by atoms with Crippen LogP contribution in [0.25, 0.3) is 0 Å². The van der Waals surface area contributed by atoms with Crippen LogP contribution in [0, 0.1) is 28.6 Å². The number of hydrogen-bond acceptors (Lipinski definition) is 6. The normalized spacial score (nSPS) is 58.6. The van der Waals surface area contributed by atoms with Crippen LogP contribution < -0.4 is 0 Å². The Labute approximate surface area is 151 Å². The van der Waals surface area contributed by atoms with Gasteiger partial charge in [-0.15, -0.1) is 0 Å². The molecule has 0 amide bonds. The summed E-state index contributed by atoms with van der Waals surface area (Å²) in [5.41, 5.74) is 0.812. The molecule has 0 N–H and O–H groups in total. The quantitative estimate of drug-likeness (QED) is 0.567. The van der Waals surface area contributed by atoms with E-state index in [9.17, 15) is 4.79 Å². The number of fused-ring (bicyclic) bond motifs is 3. The van der Waals surface area contributed by atoms with Gasteiger partial charge in [-0.2, -0.15) is 0 Å². The molecule has 2 bridgehead atoms. The molecule has 1 aromatic rings. The van der Waals surface area contributed by atoms with Crippen LogP contribution in [0.5, 0.6) is 0 Å². The average Bonchev–Trinajstić information content (AvgIpc) is 2.93. The second-order valence-electron chi connectivity index (χ2n) is 9.24. The molecule has 6 aliphatic rings. The van der Waals surface area contributed by atoms with Gasteiger partial charge in [0.25, 0.3) is 0 Å². The molecule has 26 heavy (non-hydrogen) atoms. The molecular weight excluding hydrogens is 336 g/mol. The lowest BCUT2D eigenvalue weighted by molar-refractivity contribution is -0.152. The number of epoxide rings is 1. The minimum Gasteiger partial charge on any atom is -0.472 e. The van der Waals surface area contributed by atoms with Gasteiger partial charge in [-0.05, 0) is 31.2 Å². The van der Waals surface area contributed by atoms with E-state index < -0.39 is 0 Å². The number of esters is 1. The number of ether oxygens (including phenoxy) is 4. The third-order valence-electron chi connectivity index (χ3n) is 8.54. The van der Waals surface area contributed by atoms with Crippen LogP contribution in [-0.4, -0.2) is 37.2 Å². The molecule has 4 saturated heterocycles. The molecule has 0 unspecified atom stereocenters. The van der Waals surface area contributed by atoms with Crippen molar-refractivity contribution >= 4 is 5.97 Å². The van der Waals surface area contributed by atoms with Crippen LogP contribution in [0.3, 0.4) is 0 Å². The lowest BCUT2D eigenvalue weighted by atomic mass is 9.44. The first-order valence-corrected chi connectivity index (χ1v) is 9.78. The summed E-state index contributed by atoms with van der Waals surface area (Å²) in [6.07, 6.45) is 6.37. The lowest BCUT2D eigenvalue weighted by Gasteiger charge is -2.54. The topological polar surface area (TPSA) is 70.4 Å².